The largest absolute Gasteiger partial charge is 0.495 e. The van der Waals surface area contributed by atoms with E-state index in [0.29, 0.717) is 26.4 Å². The lowest BCUT2D eigenvalue weighted by molar-refractivity contribution is -0.137. The number of ether oxygens (including phenoxy) is 2. The first-order chi connectivity index (χ1) is 13.5. The van der Waals surface area contributed by atoms with Crippen molar-refractivity contribution in [1.29, 1.82) is 0 Å². The first-order valence-corrected chi connectivity index (χ1v) is 9.57. The fourth-order valence-electron chi connectivity index (χ4n) is 2.59. The lowest BCUT2D eigenvalue weighted by atomic mass is 10.2. The predicted molar refractivity (Wildman–Crippen MR) is 113 cm³/mol. The van der Waals surface area contributed by atoms with Crippen molar-refractivity contribution in [2.45, 2.75) is 6.42 Å². The molecule has 28 heavy (non-hydrogen) atoms. The van der Waals surface area contributed by atoms with Crippen LogP contribution in [0.4, 0.5) is 5.69 Å². The molecule has 0 spiro atoms. The van der Waals surface area contributed by atoms with Crippen molar-refractivity contribution in [2.75, 3.05) is 18.6 Å². The molecule has 2 aromatic carbocycles. The van der Waals surface area contributed by atoms with Crippen LogP contribution < -0.4 is 14.4 Å². The monoisotopic (exact) mass is 415 g/mol. The van der Waals surface area contributed by atoms with Gasteiger partial charge in [0.15, 0.2) is 4.32 Å². The summed E-state index contributed by atoms with van der Waals surface area (Å²) >= 11 is 6.61. The van der Waals surface area contributed by atoms with Gasteiger partial charge in [0.1, 0.15) is 11.5 Å². The number of hydrogen-bond acceptors (Lipinski definition) is 6. The summed E-state index contributed by atoms with van der Waals surface area (Å²) in [6.45, 7) is 0.0781. The van der Waals surface area contributed by atoms with E-state index in [2.05, 4.69) is 0 Å². The van der Waals surface area contributed by atoms with Crippen LogP contribution in [0.5, 0.6) is 11.5 Å². The third-order valence-corrected chi connectivity index (χ3v) is 5.16. The van der Waals surface area contributed by atoms with Crippen LogP contribution in [0.3, 0.4) is 0 Å². The van der Waals surface area contributed by atoms with Crippen LogP contribution in [0.25, 0.3) is 6.08 Å². The van der Waals surface area contributed by atoms with E-state index in [9.17, 15) is 9.59 Å². The molecule has 1 saturated heterocycles. The SMILES string of the molecule is COc1ccccc1N1C(=O)/C(=C\c2cccc(OCCC(=O)O)c2)SC1=S. The molecule has 0 aliphatic carbocycles. The lowest BCUT2D eigenvalue weighted by Gasteiger charge is -2.17. The van der Waals surface area contributed by atoms with Crippen molar-refractivity contribution >= 4 is 51.9 Å². The number of anilines is 1. The highest BCUT2D eigenvalue weighted by Gasteiger charge is 2.34. The zero-order valence-electron chi connectivity index (χ0n) is 15.0. The number of para-hydroxylation sites is 2. The second kappa shape index (κ2) is 8.90. The second-order valence-corrected chi connectivity index (χ2v) is 7.43. The van der Waals surface area contributed by atoms with E-state index in [1.165, 1.54) is 16.7 Å². The Labute approximate surface area is 171 Å². The van der Waals surface area contributed by atoms with Gasteiger partial charge in [-0.1, -0.05) is 48.2 Å². The minimum Gasteiger partial charge on any atom is -0.495 e. The molecule has 8 heteroatoms. The summed E-state index contributed by atoms with van der Waals surface area (Å²) in [5, 5.41) is 8.69. The van der Waals surface area contributed by atoms with Crippen LogP contribution in [0.15, 0.2) is 53.4 Å². The molecular formula is C20H17NO5S2. The lowest BCUT2D eigenvalue weighted by Crippen LogP contribution is -2.27. The molecule has 1 amide bonds. The van der Waals surface area contributed by atoms with Gasteiger partial charge in [0, 0.05) is 0 Å². The van der Waals surface area contributed by atoms with Crippen LogP contribution in [0.2, 0.25) is 0 Å². The molecule has 6 nitrogen and oxygen atoms in total. The number of thiocarbonyl (C=S) groups is 1. The Morgan fingerprint density at radius 3 is 2.79 bits per heavy atom. The predicted octanol–water partition coefficient (Wildman–Crippen LogP) is 3.95. The summed E-state index contributed by atoms with van der Waals surface area (Å²) in [5.41, 5.74) is 1.36. The number of nitrogens with zero attached hydrogens (tertiary/aromatic N) is 1. The molecule has 0 atom stereocenters. The van der Waals surface area contributed by atoms with Gasteiger partial charge in [-0.05, 0) is 35.9 Å². The molecule has 0 saturated carbocycles. The van der Waals surface area contributed by atoms with Gasteiger partial charge in [0.25, 0.3) is 5.91 Å². The Balaban J connectivity index is 1.81. The van der Waals surface area contributed by atoms with Crippen LogP contribution in [-0.2, 0) is 9.59 Å². The number of methoxy groups -OCH3 is 1. The maximum absolute atomic E-state index is 12.9. The summed E-state index contributed by atoms with van der Waals surface area (Å²) in [6, 6.07) is 14.3. The first-order valence-electron chi connectivity index (χ1n) is 8.35. The molecular weight excluding hydrogens is 398 g/mol. The number of carbonyl (C=O) groups is 2. The van der Waals surface area contributed by atoms with Crippen LogP contribution in [0.1, 0.15) is 12.0 Å². The topological polar surface area (TPSA) is 76.1 Å². The highest BCUT2D eigenvalue weighted by molar-refractivity contribution is 8.27. The molecule has 3 rings (SSSR count). The number of carbonyl (C=O) groups excluding carboxylic acids is 1. The van der Waals surface area contributed by atoms with Crippen molar-refractivity contribution in [3.8, 4) is 11.5 Å². The number of thioether (sulfide) groups is 1. The summed E-state index contributed by atoms with van der Waals surface area (Å²) < 4.78 is 11.2. The van der Waals surface area contributed by atoms with Gasteiger partial charge < -0.3 is 14.6 Å². The maximum Gasteiger partial charge on any atom is 0.306 e. The zero-order valence-corrected chi connectivity index (χ0v) is 16.6. The van der Waals surface area contributed by atoms with Gasteiger partial charge in [0.2, 0.25) is 0 Å². The van der Waals surface area contributed by atoms with E-state index in [1.807, 2.05) is 18.2 Å². The number of amides is 1. The Hall–Kier alpha value is -2.84. The van der Waals surface area contributed by atoms with Gasteiger partial charge in [0.05, 0.1) is 30.7 Å². The molecule has 0 radical (unpaired) electrons. The highest BCUT2D eigenvalue weighted by Crippen LogP contribution is 2.39. The third-order valence-electron chi connectivity index (χ3n) is 3.86. The number of benzene rings is 2. The van der Waals surface area contributed by atoms with Gasteiger partial charge >= 0.3 is 5.97 Å². The van der Waals surface area contributed by atoms with Crippen molar-refractivity contribution in [2.24, 2.45) is 0 Å². The maximum atomic E-state index is 12.9. The van der Waals surface area contributed by atoms with E-state index in [4.69, 9.17) is 26.8 Å². The zero-order chi connectivity index (χ0) is 20.1. The molecule has 2 aromatic rings. The Morgan fingerprint density at radius 1 is 1.25 bits per heavy atom. The summed E-state index contributed by atoms with van der Waals surface area (Å²) in [7, 11) is 1.54. The van der Waals surface area contributed by atoms with Crippen molar-refractivity contribution in [3.05, 3.63) is 59.0 Å². The molecule has 1 aliphatic rings. The quantitative estimate of drug-likeness (QED) is 0.542. The van der Waals surface area contributed by atoms with Gasteiger partial charge in [-0.2, -0.15) is 0 Å². The number of rotatable bonds is 7. The third kappa shape index (κ3) is 4.52. The minimum absolute atomic E-state index is 0.0781. The number of carboxylic acids is 1. The van der Waals surface area contributed by atoms with Gasteiger partial charge in [-0.3, -0.25) is 14.5 Å². The van der Waals surface area contributed by atoms with Gasteiger partial charge in [-0.15, -0.1) is 0 Å². The van der Waals surface area contributed by atoms with Crippen LogP contribution in [0, 0.1) is 0 Å². The smallest absolute Gasteiger partial charge is 0.306 e. The summed E-state index contributed by atoms with van der Waals surface area (Å²) in [4.78, 5) is 25.5. The van der Waals surface area contributed by atoms with Crippen LogP contribution >= 0.6 is 24.0 Å². The van der Waals surface area contributed by atoms with Crippen LogP contribution in [-0.4, -0.2) is 35.0 Å². The molecule has 1 heterocycles. The normalized spacial score (nSPS) is 15.2. The standard InChI is InChI=1S/C20H17NO5S2/c1-25-16-8-3-2-7-15(16)21-19(24)17(28-20(21)27)12-13-5-4-6-14(11-13)26-10-9-18(22)23/h2-8,11-12H,9-10H2,1H3,(H,22,23)/b17-12+. The average molecular weight is 415 g/mol. The minimum atomic E-state index is -0.920. The Bertz CT molecular complexity index is 957. The summed E-state index contributed by atoms with van der Waals surface area (Å²) in [6.07, 6.45) is 1.65. The Morgan fingerprint density at radius 2 is 2.04 bits per heavy atom. The van der Waals surface area contributed by atoms with E-state index in [-0.39, 0.29) is 18.9 Å². The molecule has 144 valence electrons. The van der Waals surface area contributed by atoms with E-state index < -0.39 is 5.97 Å². The van der Waals surface area contributed by atoms with E-state index in [0.717, 1.165) is 5.56 Å². The molecule has 1 aliphatic heterocycles. The fraction of sp³-hybridized carbons (Fsp3) is 0.150. The highest BCUT2D eigenvalue weighted by atomic mass is 32.2. The van der Waals surface area contributed by atoms with Crippen molar-refractivity contribution in [1.82, 2.24) is 0 Å². The van der Waals surface area contributed by atoms with Crippen molar-refractivity contribution in [3.63, 3.8) is 0 Å². The number of aliphatic carboxylic acids is 1. The first kappa shape index (κ1) is 19.9. The number of hydrogen-bond donors (Lipinski definition) is 1. The second-order valence-electron chi connectivity index (χ2n) is 5.75. The average Bonchev–Trinajstić information content (AvgIpc) is 2.95. The van der Waals surface area contributed by atoms with E-state index in [1.54, 1.807) is 43.5 Å². The Kier molecular flexibility index (Phi) is 6.33. The van der Waals surface area contributed by atoms with Crippen molar-refractivity contribution < 1.29 is 24.2 Å². The van der Waals surface area contributed by atoms with E-state index >= 15 is 0 Å². The summed E-state index contributed by atoms with van der Waals surface area (Å²) in [5.74, 6) is -0.0445. The fourth-order valence-corrected chi connectivity index (χ4v) is 3.88. The number of carboxylic acid groups (broad SMARTS) is 1. The van der Waals surface area contributed by atoms with Gasteiger partial charge in [-0.25, -0.2) is 0 Å². The molecule has 1 N–H and O–H groups in total. The molecule has 0 aromatic heterocycles. The molecule has 1 fully saturated rings. The molecule has 0 bridgehead atoms. The molecule has 0 unspecified atom stereocenters.